The van der Waals surface area contributed by atoms with Crippen molar-refractivity contribution in [2.75, 3.05) is 18.5 Å². The number of ether oxygens (including phenoxy) is 2. The zero-order valence-corrected chi connectivity index (χ0v) is 14.9. The summed E-state index contributed by atoms with van der Waals surface area (Å²) >= 11 is 0. The molecule has 0 unspecified atom stereocenters. The number of rotatable bonds is 8. The summed E-state index contributed by atoms with van der Waals surface area (Å²) < 4.78 is 46.4. The number of benzene rings is 2. The van der Waals surface area contributed by atoms with Gasteiger partial charge in [-0.25, -0.2) is 4.79 Å². The van der Waals surface area contributed by atoms with Crippen LogP contribution >= 0.6 is 0 Å². The normalized spacial score (nSPS) is 11.0. The first kappa shape index (κ1) is 21.1. The fourth-order valence-corrected chi connectivity index (χ4v) is 2.30. The van der Waals surface area contributed by atoms with Crippen molar-refractivity contribution in [3.05, 3.63) is 53.6 Å². The summed E-state index contributed by atoms with van der Waals surface area (Å²) in [6, 6.07) is 10.6. The monoisotopic (exact) mass is 397 g/mol. The molecule has 0 aliphatic heterocycles. The van der Waals surface area contributed by atoms with Gasteiger partial charge in [0.2, 0.25) is 5.91 Å². The van der Waals surface area contributed by atoms with Crippen molar-refractivity contribution in [2.24, 2.45) is 0 Å². The predicted octanol–water partition coefficient (Wildman–Crippen LogP) is 3.58. The number of amides is 1. The Morgan fingerprint density at radius 3 is 2.43 bits per heavy atom. The average Bonchev–Trinajstić information content (AvgIpc) is 2.60. The van der Waals surface area contributed by atoms with Crippen LogP contribution in [0.4, 0.5) is 18.9 Å². The third-order valence-corrected chi connectivity index (χ3v) is 3.50. The lowest BCUT2D eigenvalue weighted by Gasteiger charge is -2.12. The fraction of sp³-hybridized carbons (Fsp3) is 0.263. The van der Waals surface area contributed by atoms with Gasteiger partial charge in [-0.1, -0.05) is 12.1 Å². The van der Waals surface area contributed by atoms with Gasteiger partial charge < -0.3 is 19.9 Å². The Morgan fingerprint density at radius 2 is 1.79 bits per heavy atom. The standard InChI is InChI=1S/C19H18F3NO5/c1-12-7-15(27-10-18(25)26)5-6-16(12)23-17(24)9-13-3-2-4-14(8-13)28-11-19(20,21)22/h2-8H,9-11H2,1H3,(H,23,24)(H,25,26). The van der Waals surface area contributed by atoms with Crippen LogP contribution in [0.1, 0.15) is 11.1 Å². The molecular weight excluding hydrogens is 379 g/mol. The van der Waals surface area contributed by atoms with Crippen LogP contribution in [0, 0.1) is 6.92 Å². The highest BCUT2D eigenvalue weighted by molar-refractivity contribution is 5.93. The molecule has 6 nitrogen and oxygen atoms in total. The third-order valence-electron chi connectivity index (χ3n) is 3.50. The maximum absolute atomic E-state index is 12.2. The van der Waals surface area contributed by atoms with Crippen LogP contribution in [-0.4, -0.2) is 36.4 Å². The molecule has 0 heterocycles. The molecule has 2 N–H and O–H groups in total. The van der Waals surface area contributed by atoms with E-state index in [0.717, 1.165) is 0 Å². The van der Waals surface area contributed by atoms with Crippen molar-refractivity contribution in [3.8, 4) is 11.5 Å². The van der Waals surface area contributed by atoms with Crippen molar-refractivity contribution in [3.63, 3.8) is 0 Å². The molecule has 0 saturated heterocycles. The van der Waals surface area contributed by atoms with Crippen molar-refractivity contribution in [2.45, 2.75) is 19.5 Å². The van der Waals surface area contributed by atoms with Crippen molar-refractivity contribution in [1.82, 2.24) is 0 Å². The van der Waals surface area contributed by atoms with Crippen LogP contribution in [0.15, 0.2) is 42.5 Å². The van der Waals surface area contributed by atoms with Crippen LogP contribution in [-0.2, 0) is 16.0 Å². The van der Waals surface area contributed by atoms with E-state index in [4.69, 9.17) is 9.84 Å². The number of aryl methyl sites for hydroxylation is 1. The van der Waals surface area contributed by atoms with E-state index in [1.807, 2.05) is 0 Å². The Morgan fingerprint density at radius 1 is 1.07 bits per heavy atom. The van der Waals surface area contributed by atoms with E-state index in [0.29, 0.717) is 22.6 Å². The molecule has 0 aliphatic carbocycles. The topological polar surface area (TPSA) is 84.9 Å². The SMILES string of the molecule is Cc1cc(OCC(=O)O)ccc1NC(=O)Cc1cccc(OCC(F)(F)F)c1. The van der Waals surface area contributed by atoms with Gasteiger partial charge >= 0.3 is 12.1 Å². The second-order valence-electron chi connectivity index (χ2n) is 5.94. The number of carbonyl (C=O) groups excluding carboxylic acids is 1. The number of hydrogen-bond donors (Lipinski definition) is 2. The first-order chi connectivity index (χ1) is 13.1. The number of anilines is 1. The van der Waals surface area contributed by atoms with Crippen LogP contribution in [0.25, 0.3) is 0 Å². The van der Waals surface area contributed by atoms with Gasteiger partial charge in [-0.05, 0) is 48.4 Å². The molecule has 0 spiro atoms. The minimum Gasteiger partial charge on any atom is -0.484 e. The summed E-state index contributed by atoms with van der Waals surface area (Å²) in [6.07, 6.45) is -4.49. The summed E-state index contributed by atoms with van der Waals surface area (Å²) in [7, 11) is 0. The van der Waals surface area contributed by atoms with Gasteiger partial charge in [0.15, 0.2) is 13.2 Å². The fourth-order valence-electron chi connectivity index (χ4n) is 2.30. The number of halogens is 3. The van der Waals surface area contributed by atoms with Gasteiger partial charge in [0, 0.05) is 5.69 Å². The van der Waals surface area contributed by atoms with E-state index in [2.05, 4.69) is 10.1 Å². The summed E-state index contributed by atoms with van der Waals surface area (Å²) in [5.41, 5.74) is 1.67. The van der Waals surface area contributed by atoms with Gasteiger partial charge in [-0.15, -0.1) is 0 Å². The Labute approximate surface area is 158 Å². The van der Waals surface area contributed by atoms with Crippen LogP contribution in [0.3, 0.4) is 0 Å². The van der Waals surface area contributed by atoms with Crippen molar-refractivity contribution in [1.29, 1.82) is 0 Å². The Bertz CT molecular complexity index is 852. The Balaban J connectivity index is 1.96. The quantitative estimate of drug-likeness (QED) is 0.711. The predicted molar refractivity (Wildman–Crippen MR) is 94.6 cm³/mol. The number of alkyl halides is 3. The van der Waals surface area contributed by atoms with E-state index >= 15 is 0 Å². The number of carbonyl (C=O) groups is 2. The lowest BCUT2D eigenvalue weighted by Crippen LogP contribution is -2.19. The summed E-state index contributed by atoms with van der Waals surface area (Å²) in [4.78, 5) is 22.7. The first-order valence-corrected chi connectivity index (χ1v) is 8.16. The van der Waals surface area contributed by atoms with Gasteiger partial charge in [0.25, 0.3) is 0 Å². The van der Waals surface area contributed by atoms with E-state index in [-0.39, 0.29) is 18.1 Å². The smallest absolute Gasteiger partial charge is 0.422 e. The molecule has 2 aromatic rings. The number of aliphatic carboxylic acids is 1. The number of carboxylic acids is 1. The molecule has 0 bridgehead atoms. The Kier molecular flexibility index (Phi) is 6.86. The summed E-state index contributed by atoms with van der Waals surface area (Å²) in [5.74, 6) is -1.09. The highest BCUT2D eigenvalue weighted by Crippen LogP contribution is 2.22. The van der Waals surface area contributed by atoms with Crippen LogP contribution in [0.2, 0.25) is 0 Å². The van der Waals surface area contributed by atoms with Crippen molar-refractivity contribution < 1.29 is 37.3 Å². The second kappa shape index (κ2) is 9.12. The van der Waals surface area contributed by atoms with Gasteiger partial charge in [0.05, 0.1) is 6.42 Å². The molecule has 1 amide bonds. The molecular formula is C19H18F3NO5. The lowest BCUT2D eigenvalue weighted by atomic mass is 10.1. The molecule has 0 atom stereocenters. The number of hydrogen-bond acceptors (Lipinski definition) is 4. The highest BCUT2D eigenvalue weighted by atomic mass is 19.4. The minimum atomic E-state index is -4.44. The zero-order chi connectivity index (χ0) is 20.7. The zero-order valence-electron chi connectivity index (χ0n) is 14.9. The third kappa shape index (κ3) is 7.18. The molecule has 0 saturated carbocycles. The van der Waals surface area contributed by atoms with E-state index < -0.39 is 25.4 Å². The van der Waals surface area contributed by atoms with E-state index in [9.17, 15) is 22.8 Å². The molecule has 2 rings (SSSR count). The number of nitrogens with one attached hydrogen (secondary N) is 1. The van der Waals surface area contributed by atoms with Gasteiger partial charge in [-0.2, -0.15) is 13.2 Å². The molecule has 0 aliphatic rings. The summed E-state index contributed by atoms with van der Waals surface area (Å²) in [6.45, 7) is -0.162. The van der Waals surface area contributed by atoms with E-state index in [1.165, 1.54) is 24.3 Å². The van der Waals surface area contributed by atoms with E-state index in [1.54, 1.807) is 25.1 Å². The summed E-state index contributed by atoms with van der Waals surface area (Å²) in [5, 5.41) is 11.3. The van der Waals surface area contributed by atoms with Crippen LogP contribution in [0.5, 0.6) is 11.5 Å². The maximum atomic E-state index is 12.2. The van der Waals surface area contributed by atoms with Gasteiger partial charge in [-0.3, -0.25) is 4.79 Å². The number of carboxylic acid groups (broad SMARTS) is 1. The molecule has 2 aromatic carbocycles. The van der Waals surface area contributed by atoms with Gasteiger partial charge in [0.1, 0.15) is 11.5 Å². The lowest BCUT2D eigenvalue weighted by molar-refractivity contribution is -0.153. The molecule has 150 valence electrons. The largest absolute Gasteiger partial charge is 0.484 e. The van der Waals surface area contributed by atoms with Crippen LogP contribution < -0.4 is 14.8 Å². The molecule has 9 heteroatoms. The second-order valence-corrected chi connectivity index (χ2v) is 5.94. The Hall–Kier alpha value is -3.23. The molecule has 28 heavy (non-hydrogen) atoms. The average molecular weight is 397 g/mol. The van der Waals surface area contributed by atoms with Crippen molar-refractivity contribution >= 4 is 17.6 Å². The minimum absolute atomic E-state index is 0.0266. The molecule has 0 fully saturated rings. The molecule has 0 radical (unpaired) electrons. The molecule has 0 aromatic heterocycles. The highest BCUT2D eigenvalue weighted by Gasteiger charge is 2.28. The first-order valence-electron chi connectivity index (χ1n) is 8.16. The maximum Gasteiger partial charge on any atom is 0.422 e.